The zero-order valence-electron chi connectivity index (χ0n) is 30.6. The van der Waals surface area contributed by atoms with E-state index in [4.69, 9.17) is 14.4 Å². The van der Waals surface area contributed by atoms with Crippen LogP contribution in [0.2, 0.25) is 0 Å². The van der Waals surface area contributed by atoms with E-state index < -0.39 is 0 Å². The van der Waals surface area contributed by atoms with Crippen LogP contribution < -0.4 is 5.32 Å². The maximum Gasteiger partial charge on any atom is 0.159 e. The highest BCUT2D eigenvalue weighted by atomic mass is 32.1. The van der Waals surface area contributed by atoms with E-state index in [-0.39, 0.29) is 6.17 Å². The summed E-state index contributed by atoms with van der Waals surface area (Å²) >= 11 is 1.83. The van der Waals surface area contributed by atoms with E-state index >= 15 is 0 Å². The average molecular weight is 749 g/mol. The molecule has 268 valence electrons. The van der Waals surface area contributed by atoms with Crippen molar-refractivity contribution >= 4 is 86.9 Å². The first kappa shape index (κ1) is 32.0. The second kappa shape index (κ2) is 12.6. The molecule has 0 amide bonds. The number of nitrogens with zero attached hydrogens (tertiary/aromatic N) is 3. The van der Waals surface area contributed by atoms with Crippen molar-refractivity contribution in [1.82, 2.24) is 9.88 Å². The highest BCUT2D eigenvalue weighted by molar-refractivity contribution is 7.26. The number of furan rings is 1. The molecule has 57 heavy (non-hydrogen) atoms. The number of nitrogens with one attached hydrogen (secondary N) is 1. The zero-order chi connectivity index (χ0) is 37.5. The van der Waals surface area contributed by atoms with Gasteiger partial charge in [0.05, 0.1) is 16.7 Å². The molecule has 1 aliphatic heterocycles. The first-order valence-electron chi connectivity index (χ1n) is 19.2. The fourth-order valence-electron chi connectivity index (χ4n) is 8.75. The summed E-state index contributed by atoms with van der Waals surface area (Å²) in [7, 11) is 0. The summed E-state index contributed by atoms with van der Waals surface area (Å²) in [6.45, 7) is 0. The Labute approximate surface area is 331 Å². The Morgan fingerprint density at radius 1 is 0.509 bits per heavy atom. The summed E-state index contributed by atoms with van der Waals surface area (Å²) in [6.07, 6.45) is -0.325. The van der Waals surface area contributed by atoms with Crippen LogP contribution in [0.5, 0.6) is 0 Å². The van der Waals surface area contributed by atoms with Crippen molar-refractivity contribution in [1.29, 1.82) is 0 Å². The Morgan fingerprint density at radius 2 is 1.11 bits per heavy atom. The lowest BCUT2D eigenvalue weighted by Crippen LogP contribution is -2.33. The minimum absolute atomic E-state index is 0.325. The van der Waals surface area contributed by atoms with Gasteiger partial charge in [-0.15, -0.1) is 11.3 Å². The van der Waals surface area contributed by atoms with Crippen LogP contribution in [0.4, 0.5) is 0 Å². The molecule has 3 aromatic heterocycles. The normalized spacial score (nSPS) is 14.5. The monoisotopic (exact) mass is 748 g/mol. The van der Waals surface area contributed by atoms with Crippen molar-refractivity contribution in [3.63, 3.8) is 0 Å². The number of benzene rings is 8. The molecule has 0 bridgehead atoms. The summed E-state index contributed by atoms with van der Waals surface area (Å²) in [5.41, 5.74) is 10.6. The lowest BCUT2D eigenvalue weighted by Gasteiger charge is -2.24. The molecule has 0 fully saturated rings. The second-order valence-electron chi connectivity index (χ2n) is 14.5. The number of thiophene rings is 1. The van der Waals surface area contributed by atoms with Gasteiger partial charge in [0.2, 0.25) is 0 Å². The Morgan fingerprint density at radius 3 is 1.88 bits per heavy atom. The van der Waals surface area contributed by atoms with E-state index in [1.807, 2.05) is 47.7 Å². The molecule has 1 N–H and O–H groups in total. The molecule has 0 aliphatic carbocycles. The standard InChI is InChI=1S/C51H32N4OS/c1-3-15-31(16-4-1)49-52-50(32-17-5-2-6-18-32)54-51(53-49)40-26-12-24-38-37-23-11-22-36(47(37)57-48(38)40)35-21-14-30-44-45(35)39-25-13-29-43(46(39)56-44)55-41-27-9-7-19-33(41)34-20-8-10-28-42(34)55/h1-30,51H,(H,52,53,54). The quantitative estimate of drug-likeness (QED) is 0.191. The van der Waals surface area contributed by atoms with Crippen LogP contribution in [0.15, 0.2) is 196 Å². The van der Waals surface area contributed by atoms with Gasteiger partial charge in [-0.2, -0.15) is 0 Å². The predicted molar refractivity (Wildman–Crippen MR) is 238 cm³/mol. The van der Waals surface area contributed by atoms with E-state index in [9.17, 15) is 0 Å². The van der Waals surface area contributed by atoms with Gasteiger partial charge in [-0.05, 0) is 29.8 Å². The fourth-order valence-corrected chi connectivity index (χ4v) is 10.1. The first-order chi connectivity index (χ1) is 28.3. The second-order valence-corrected chi connectivity index (χ2v) is 15.5. The SMILES string of the molecule is c1ccc(C2=NC(c3cccc4c3sc3c(-c5cccc6oc7c(-n8c9ccccc9c9ccccc98)cccc7c56)cccc34)NC(c3ccccc3)=N2)cc1. The molecule has 4 heterocycles. The number of aromatic nitrogens is 1. The van der Waals surface area contributed by atoms with Gasteiger partial charge < -0.3 is 14.3 Å². The number of para-hydroxylation sites is 3. The molecule has 11 aromatic rings. The Hall–Kier alpha value is -7.28. The van der Waals surface area contributed by atoms with Gasteiger partial charge in [0, 0.05) is 64.0 Å². The molecule has 0 saturated carbocycles. The van der Waals surface area contributed by atoms with Crippen LogP contribution >= 0.6 is 11.3 Å². The molecule has 0 radical (unpaired) electrons. The summed E-state index contributed by atoms with van der Waals surface area (Å²) in [5, 5.41) is 10.8. The van der Waals surface area contributed by atoms with Crippen molar-refractivity contribution in [2.45, 2.75) is 6.17 Å². The van der Waals surface area contributed by atoms with E-state index in [0.29, 0.717) is 0 Å². The topological polar surface area (TPSA) is 54.8 Å². The minimum Gasteiger partial charge on any atom is -0.454 e. The Balaban J connectivity index is 1.04. The maximum absolute atomic E-state index is 6.88. The number of hydrogen-bond acceptors (Lipinski definition) is 5. The lowest BCUT2D eigenvalue weighted by atomic mass is 9.97. The van der Waals surface area contributed by atoms with E-state index in [1.165, 1.54) is 36.5 Å². The van der Waals surface area contributed by atoms with E-state index in [1.54, 1.807) is 0 Å². The van der Waals surface area contributed by atoms with Crippen molar-refractivity contribution in [2.24, 2.45) is 9.98 Å². The maximum atomic E-state index is 6.88. The average Bonchev–Trinajstić information content (AvgIpc) is 3.97. The molecular formula is C51H32N4OS. The summed E-state index contributed by atoms with van der Waals surface area (Å²) in [6, 6.07) is 64.1. The van der Waals surface area contributed by atoms with Gasteiger partial charge in [0.25, 0.3) is 0 Å². The van der Waals surface area contributed by atoms with Crippen LogP contribution in [0.25, 0.3) is 80.7 Å². The highest BCUT2D eigenvalue weighted by Crippen LogP contribution is 2.47. The van der Waals surface area contributed by atoms with Gasteiger partial charge >= 0.3 is 0 Å². The molecule has 8 aromatic carbocycles. The largest absolute Gasteiger partial charge is 0.454 e. The number of rotatable bonds is 5. The van der Waals surface area contributed by atoms with Crippen molar-refractivity contribution in [2.75, 3.05) is 0 Å². The van der Waals surface area contributed by atoms with E-state index in [2.05, 4.69) is 155 Å². The Bertz CT molecular complexity index is 3390. The smallest absolute Gasteiger partial charge is 0.159 e. The van der Waals surface area contributed by atoms with Crippen molar-refractivity contribution in [3.05, 3.63) is 199 Å². The molecule has 1 atom stereocenters. The van der Waals surface area contributed by atoms with Gasteiger partial charge in [0.15, 0.2) is 11.4 Å². The lowest BCUT2D eigenvalue weighted by molar-refractivity contribution is 0.666. The molecule has 1 unspecified atom stereocenters. The van der Waals surface area contributed by atoms with Gasteiger partial charge in [0.1, 0.15) is 17.6 Å². The summed E-state index contributed by atoms with van der Waals surface area (Å²) in [5.74, 6) is 1.53. The number of hydrogen-bond donors (Lipinski definition) is 1. The van der Waals surface area contributed by atoms with Gasteiger partial charge in [-0.1, -0.05) is 158 Å². The summed E-state index contributed by atoms with van der Waals surface area (Å²) in [4.78, 5) is 10.3. The minimum atomic E-state index is -0.325. The molecule has 0 saturated heterocycles. The number of fused-ring (bicyclic) bond motifs is 9. The van der Waals surface area contributed by atoms with Crippen LogP contribution in [0, 0.1) is 0 Å². The van der Waals surface area contributed by atoms with E-state index in [0.717, 1.165) is 72.6 Å². The third-order valence-corrected chi connectivity index (χ3v) is 12.6. The van der Waals surface area contributed by atoms with Crippen LogP contribution in [-0.2, 0) is 0 Å². The van der Waals surface area contributed by atoms with Crippen LogP contribution in [0.3, 0.4) is 0 Å². The number of amidine groups is 2. The molecule has 6 heteroatoms. The van der Waals surface area contributed by atoms with Crippen LogP contribution in [0.1, 0.15) is 22.9 Å². The third kappa shape index (κ3) is 4.94. The predicted octanol–water partition coefficient (Wildman–Crippen LogP) is 13.2. The van der Waals surface area contributed by atoms with Crippen LogP contribution in [-0.4, -0.2) is 16.2 Å². The third-order valence-electron chi connectivity index (χ3n) is 11.3. The molecule has 1 aliphatic rings. The fraction of sp³-hybridized carbons (Fsp3) is 0.0196. The highest BCUT2D eigenvalue weighted by Gasteiger charge is 2.25. The summed E-state index contributed by atoms with van der Waals surface area (Å²) < 4.78 is 11.7. The molecule has 12 rings (SSSR count). The first-order valence-corrected chi connectivity index (χ1v) is 20.0. The van der Waals surface area contributed by atoms with Crippen molar-refractivity contribution < 1.29 is 4.42 Å². The van der Waals surface area contributed by atoms with Gasteiger partial charge in [-0.3, -0.25) is 0 Å². The molecular weight excluding hydrogens is 717 g/mol. The molecule has 0 spiro atoms. The zero-order valence-corrected chi connectivity index (χ0v) is 31.4. The molecule has 5 nitrogen and oxygen atoms in total. The Kier molecular flexibility index (Phi) is 7.09. The van der Waals surface area contributed by atoms with Crippen molar-refractivity contribution in [3.8, 4) is 16.8 Å². The number of aliphatic imine (C=N–C) groups is 2. The van der Waals surface area contributed by atoms with Gasteiger partial charge in [-0.25, -0.2) is 9.98 Å².